The predicted molar refractivity (Wildman–Crippen MR) is 79.5 cm³/mol. The third-order valence-corrected chi connectivity index (χ3v) is 2.74. The summed E-state index contributed by atoms with van der Waals surface area (Å²) in [6.45, 7) is 7.08. The Kier molecular flexibility index (Phi) is 19.6. The smallest absolute Gasteiger partial charge is 0.320 e. The standard InChI is InChI=1S/C8H14O4.C5H11NO2.CH3.V/c1-5(2)6(8(10)11)4-7(9)12-3;1-3(2)4(6)5(7)8;;/h5-6H,4H2,1-3H3,(H,10,11);3-4H,6H2,1-2H3,(H,7,8);1H3;/q;;-1;. The zero-order valence-electron chi connectivity index (χ0n) is 14.1. The second kappa shape index (κ2) is 14.9. The monoisotopic (exact) mass is 357 g/mol. The van der Waals surface area contributed by atoms with Crippen LogP contribution in [0.1, 0.15) is 34.1 Å². The van der Waals surface area contributed by atoms with Gasteiger partial charge in [-0.3, -0.25) is 14.4 Å². The van der Waals surface area contributed by atoms with E-state index in [1.54, 1.807) is 27.7 Å². The van der Waals surface area contributed by atoms with E-state index >= 15 is 0 Å². The summed E-state index contributed by atoms with van der Waals surface area (Å²) in [4.78, 5) is 31.3. The first-order chi connectivity index (χ1) is 9.04. The molecule has 0 aliphatic carbocycles. The van der Waals surface area contributed by atoms with Crippen LogP contribution < -0.4 is 5.73 Å². The van der Waals surface area contributed by atoms with Crippen LogP contribution in [0.4, 0.5) is 0 Å². The molecule has 0 aromatic rings. The normalized spacial score (nSPS) is 12.0. The fourth-order valence-corrected chi connectivity index (χ4v) is 1.16. The molecule has 0 aromatic heterocycles. The van der Waals surface area contributed by atoms with E-state index in [0.717, 1.165) is 0 Å². The maximum atomic E-state index is 10.7. The molecular formula is C14H28NO6V-. The first kappa shape index (κ1) is 29.0. The number of carbonyl (C=O) groups is 3. The molecule has 7 nitrogen and oxygen atoms in total. The van der Waals surface area contributed by atoms with E-state index in [1.807, 2.05) is 0 Å². The van der Waals surface area contributed by atoms with Crippen LogP contribution in [0.15, 0.2) is 0 Å². The minimum absolute atomic E-state index is 0. The Morgan fingerprint density at radius 3 is 1.55 bits per heavy atom. The van der Waals surface area contributed by atoms with Crippen LogP contribution in [0.2, 0.25) is 0 Å². The number of nitrogens with two attached hydrogens (primary N) is 1. The molecule has 4 N–H and O–H groups in total. The van der Waals surface area contributed by atoms with E-state index < -0.39 is 29.9 Å². The summed E-state index contributed by atoms with van der Waals surface area (Å²) in [5.74, 6) is -3.03. The van der Waals surface area contributed by atoms with E-state index in [1.165, 1.54) is 7.11 Å². The van der Waals surface area contributed by atoms with Gasteiger partial charge in [-0.2, -0.15) is 0 Å². The molecule has 0 spiro atoms. The average Bonchev–Trinajstić information content (AvgIpc) is 2.34. The number of esters is 1. The third kappa shape index (κ3) is 13.9. The van der Waals surface area contributed by atoms with Crippen molar-refractivity contribution in [3.63, 3.8) is 0 Å². The second-order valence-electron chi connectivity index (χ2n) is 5.08. The van der Waals surface area contributed by atoms with Gasteiger partial charge in [0, 0.05) is 18.6 Å². The van der Waals surface area contributed by atoms with E-state index in [9.17, 15) is 14.4 Å². The Bertz CT molecular complexity index is 333. The van der Waals surface area contributed by atoms with Crippen LogP contribution in [0.5, 0.6) is 0 Å². The zero-order chi connectivity index (χ0) is 16.5. The number of ether oxygens (including phenoxy) is 1. The fraction of sp³-hybridized carbons (Fsp3) is 0.714. The van der Waals surface area contributed by atoms with Crippen molar-refractivity contribution >= 4 is 17.9 Å². The summed E-state index contributed by atoms with van der Waals surface area (Å²) >= 11 is 0. The molecule has 1 radical (unpaired) electrons. The number of aliphatic carboxylic acids is 2. The van der Waals surface area contributed by atoms with Crippen LogP contribution in [0.3, 0.4) is 0 Å². The molecule has 0 aliphatic rings. The van der Waals surface area contributed by atoms with Crippen molar-refractivity contribution in [1.82, 2.24) is 0 Å². The Morgan fingerprint density at radius 2 is 1.41 bits per heavy atom. The van der Waals surface area contributed by atoms with E-state index in [2.05, 4.69) is 4.74 Å². The summed E-state index contributed by atoms with van der Waals surface area (Å²) in [7, 11) is 1.25. The molecule has 2 atom stereocenters. The van der Waals surface area contributed by atoms with Gasteiger partial charge in [-0.15, -0.1) is 0 Å². The molecule has 0 saturated carbocycles. The zero-order valence-corrected chi connectivity index (χ0v) is 15.5. The first-order valence-corrected chi connectivity index (χ1v) is 6.32. The summed E-state index contributed by atoms with van der Waals surface area (Å²) in [6, 6.07) is -0.713. The van der Waals surface area contributed by atoms with Gasteiger partial charge in [-0.05, 0) is 11.8 Å². The number of hydrogen-bond donors (Lipinski definition) is 3. The summed E-state index contributed by atoms with van der Waals surface area (Å²) < 4.78 is 4.38. The van der Waals surface area contributed by atoms with Crippen molar-refractivity contribution in [3.05, 3.63) is 7.43 Å². The maximum Gasteiger partial charge on any atom is 0.320 e. The molecule has 0 fully saturated rings. The van der Waals surface area contributed by atoms with Crippen molar-refractivity contribution in [2.45, 2.75) is 40.2 Å². The van der Waals surface area contributed by atoms with Gasteiger partial charge in [0.1, 0.15) is 6.04 Å². The Labute approximate surface area is 144 Å². The molecule has 22 heavy (non-hydrogen) atoms. The van der Waals surface area contributed by atoms with E-state index in [-0.39, 0.29) is 44.2 Å². The number of carboxylic acids is 2. The Morgan fingerprint density at radius 1 is 1.00 bits per heavy atom. The summed E-state index contributed by atoms with van der Waals surface area (Å²) in [5, 5.41) is 16.9. The van der Waals surface area contributed by atoms with Gasteiger partial charge in [0.25, 0.3) is 0 Å². The van der Waals surface area contributed by atoms with Crippen molar-refractivity contribution in [2.24, 2.45) is 23.5 Å². The van der Waals surface area contributed by atoms with Crippen LogP contribution in [0, 0.1) is 25.2 Å². The van der Waals surface area contributed by atoms with Gasteiger partial charge in [0.05, 0.1) is 19.4 Å². The Hall–Kier alpha value is -1.05. The summed E-state index contributed by atoms with van der Waals surface area (Å²) in [5.41, 5.74) is 5.16. The van der Waals surface area contributed by atoms with E-state index in [4.69, 9.17) is 15.9 Å². The topological polar surface area (TPSA) is 127 Å². The van der Waals surface area contributed by atoms with Crippen molar-refractivity contribution in [3.8, 4) is 0 Å². The molecule has 0 aliphatic heterocycles. The molecule has 8 heteroatoms. The number of methoxy groups -OCH3 is 1. The van der Waals surface area contributed by atoms with Crippen LogP contribution in [0.25, 0.3) is 0 Å². The first-order valence-electron chi connectivity index (χ1n) is 6.32. The second-order valence-corrected chi connectivity index (χ2v) is 5.08. The van der Waals surface area contributed by atoms with Gasteiger partial charge in [0.15, 0.2) is 0 Å². The van der Waals surface area contributed by atoms with Crippen LogP contribution >= 0.6 is 0 Å². The molecule has 131 valence electrons. The molecule has 0 heterocycles. The largest absolute Gasteiger partial charge is 0.481 e. The quantitative estimate of drug-likeness (QED) is 0.484. The van der Waals surface area contributed by atoms with Gasteiger partial charge >= 0.3 is 17.9 Å². The summed E-state index contributed by atoms with van der Waals surface area (Å²) in [6.07, 6.45) is -0.0521. The predicted octanol–water partition coefficient (Wildman–Crippen LogP) is 1.41. The maximum absolute atomic E-state index is 10.7. The Balaban J connectivity index is -0.000000144. The number of carbonyl (C=O) groups excluding carboxylic acids is 1. The van der Waals surface area contributed by atoms with Crippen molar-refractivity contribution in [2.75, 3.05) is 7.11 Å². The molecule has 0 bridgehead atoms. The van der Waals surface area contributed by atoms with Crippen LogP contribution in [-0.4, -0.2) is 41.3 Å². The van der Waals surface area contributed by atoms with Gasteiger partial charge < -0.3 is 28.1 Å². The molecule has 0 rings (SSSR count). The number of carboxylic acid groups (broad SMARTS) is 2. The fourth-order valence-electron chi connectivity index (χ4n) is 1.16. The average molecular weight is 357 g/mol. The molecular weight excluding hydrogens is 329 g/mol. The third-order valence-electron chi connectivity index (χ3n) is 2.74. The molecule has 0 amide bonds. The van der Waals surface area contributed by atoms with Crippen molar-refractivity contribution in [1.29, 1.82) is 0 Å². The van der Waals surface area contributed by atoms with Crippen molar-refractivity contribution < 1.29 is 47.9 Å². The van der Waals surface area contributed by atoms with Gasteiger partial charge in [0.2, 0.25) is 0 Å². The minimum atomic E-state index is -0.949. The van der Waals surface area contributed by atoms with E-state index in [0.29, 0.717) is 0 Å². The SMILES string of the molecule is CC(C)C(N)C(=O)O.COC(=O)CC(C(=O)O)C(C)C.[CH3-].[V]. The van der Waals surface area contributed by atoms with Gasteiger partial charge in [-0.1, -0.05) is 27.7 Å². The van der Waals surface area contributed by atoms with Crippen LogP contribution in [-0.2, 0) is 37.7 Å². The molecule has 2 unspecified atom stereocenters. The van der Waals surface area contributed by atoms with Gasteiger partial charge in [-0.25, -0.2) is 0 Å². The minimum Gasteiger partial charge on any atom is -0.481 e. The number of hydrogen-bond acceptors (Lipinski definition) is 5. The number of rotatable bonds is 6. The molecule has 0 saturated heterocycles. The molecule has 0 aromatic carbocycles.